The molecule has 2 N–H and O–H groups in total. The summed E-state index contributed by atoms with van der Waals surface area (Å²) in [5, 5.41) is 6.58. The highest BCUT2D eigenvalue weighted by Gasteiger charge is 2.30. The lowest BCUT2D eigenvalue weighted by Crippen LogP contribution is -2.14. The second-order valence-corrected chi connectivity index (χ2v) is 7.73. The standard InChI is InChI=1S/C14H16F3N3O2S/c1-13(2,3)11-8-12(19-18-11)20-23(21,22)10-6-4-9(5-7-10)14(15,16)17/h4-8H,1-3H3,(H2,18,19,20). The monoisotopic (exact) mass is 347 g/mol. The van der Waals surface area contributed by atoms with Crippen molar-refractivity contribution in [1.82, 2.24) is 10.2 Å². The van der Waals surface area contributed by atoms with Gasteiger partial charge in [-0.15, -0.1) is 0 Å². The van der Waals surface area contributed by atoms with Gasteiger partial charge in [-0.2, -0.15) is 18.3 Å². The van der Waals surface area contributed by atoms with Crippen LogP contribution >= 0.6 is 0 Å². The summed E-state index contributed by atoms with van der Waals surface area (Å²) in [6, 6.07) is 4.80. The van der Waals surface area contributed by atoms with Gasteiger partial charge in [0.05, 0.1) is 10.5 Å². The minimum atomic E-state index is -4.51. The maximum Gasteiger partial charge on any atom is 0.416 e. The number of aromatic nitrogens is 2. The molecule has 0 aliphatic rings. The Bertz CT molecular complexity index is 788. The summed E-state index contributed by atoms with van der Waals surface area (Å²) in [5.74, 6) is 0.0785. The van der Waals surface area contributed by atoms with Crippen LogP contribution in [0.2, 0.25) is 0 Å². The van der Waals surface area contributed by atoms with Crippen LogP contribution in [0.4, 0.5) is 19.0 Å². The Morgan fingerprint density at radius 2 is 1.65 bits per heavy atom. The van der Waals surface area contributed by atoms with Gasteiger partial charge in [0, 0.05) is 17.2 Å². The van der Waals surface area contributed by atoms with Gasteiger partial charge in [-0.05, 0) is 24.3 Å². The molecule has 0 unspecified atom stereocenters. The Hall–Kier alpha value is -2.03. The second kappa shape index (κ2) is 5.55. The molecule has 126 valence electrons. The van der Waals surface area contributed by atoms with Crippen LogP contribution in [0.25, 0.3) is 0 Å². The first-order valence-electron chi connectivity index (χ1n) is 6.65. The minimum absolute atomic E-state index is 0.0785. The summed E-state index contributed by atoms with van der Waals surface area (Å²) >= 11 is 0. The van der Waals surface area contributed by atoms with Crippen molar-refractivity contribution >= 4 is 15.8 Å². The van der Waals surface area contributed by atoms with Crippen molar-refractivity contribution in [2.24, 2.45) is 0 Å². The summed E-state index contributed by atoms with van der Waals surface area (Å²) in [6.07, 6.45) is -4.51. The molecule has 0 fully saturated rings. The molecule has 23 heavy (non-hydrogen) atoms. The lowest BCUT2D eigenvalue weighted by Gasteiger charge is -2.14. The Labute approximate surface area is 132 Å². The number of sulfonamides is 1. The van der Waals surface area contributed by atoms with Crippen LogP contribution in [0.1, 0.15) is 32.0 Å². The summed E-state index contributed by atoms with van der Waals surface area (Å²) in [5.41, 5.74) is -0.431. The molecule has 0 saturated carbocycles. The smallest absolute Gasteiger partial charge is 0.280 e. The first kappa shape index (κ1) is 17.3. The van der Waals surface area contributed by atoms with Gasteiger partial charge in [-0.3, -0.25) is 9.82 Å². The average molecular weight is 347 g/mol. The minimum Gasteiger partial charge on any atom is -0.280 e. The molecule has 1 heterocycles. The normalized spacial score (nSPS) is 13.1. The van der Waals surface area contributed by atoms with Crippen molar-refractivity contribution in [3.05, 3.63) is 41.6 Å². The van der Waals surface area contributed by atoms with Crippen molar-refractivity contribution in [3.63, 3.8) is 0 Å². The molecule has 1 aromatic heterocycles. The molecule has 5 nitrogen and oxygen atoms in total. The highest BCUT2D eigenvalue weighted by atomic mass is 32.2. The van der Waals surface area contributed by atoms with Crippen LogP contribution in [0, 0.1) is 0 Å². The number of rotatable bonds is 3. The quantitative estimate of drug-likeness (QED) is 0.892. The number of alkyl halides is 3. The number of aromatic amines is 1. The zero-order valence-electron chi connectivity index (χ0n) is 12.7. The molecule has 2 rings (SSSR count). The zero-order chi connectivity index (χ0) is 17.5. The molecule has 0 amide bonds. The van der Waals surface area contributed by atoms with E-state index in [1.807, 2.05) is 20.8 Å². The second-order valence-electron chi connectivity index (χ2n) is 6.04. The van der Waals surface area contributed by atoms with E-state index in [-0.39, 0.29) is 16.1 Å². The summed E-state index contributed by atoms with van der Waals surface area (Å²) in [4.78, 5) is -0.272. The van der Waals surface area contributed by atoms with Gasteiger partial charge in [-0.1, -0.05) is 20.8 Å². The number of anilines is 1. The van der Waals surface area contributed by atoms with Gasteiger partial charge < -0.3 is 0 Å². The first-order valence-corrected chi connectivity index (χ1v) is 8.14. The number of nitrogens with zero attached hydrogens (tertiary/aromatic N) is 1. The van der Waals surface area contributed by atoms with Gasteiger partial charge in [0.25, 0.3) is 10.0 Å². The lowest BCUT2D eigenvalue weighted by molar-refractivity contribution is -0.137. The molecule has 1 aromatic carbocycles. The van der Waals surface area contributed by atoms with E-state index >= 15 is 0 Å². The maximum atomic E-state index is 12.5. The zero-order valence-corrected chi connectivity index (χ0v) is 13.5. The van der Waals surface area contributed by atoms with Crippen LogP contribution in [0.3, 0.4) is 0 Å². The molecule has 0 spiro atoms. The van der Waals surface area contributed by atoms with Crippen molar-refractivity contribution in [2.45, 2.75) is 37.3 Å². The van der Waals surface area contributed by atoms with E-state index in [1.165, 1.54) is 0 Å². The molecule has 0 aliphatic carbocycles. The maximum absolute atomic E-state index is 12.5. The van der Waals surface area contributed by atoms with Crippen LogP contribution in [0.15, 0.2) is 35.2 Å². The highest BCUT2D eigenvalue weighted by Crippen LogP contribution is 2.30. The number of benzene rings is 1. The largest absolute Gasteiger partial charge is 0.416 e. The SMILES string of the molecule is CC(C)(C)c1cc(NS(=O)(=O)c2ccc(C(F)(F)F)cc2)n[nH]1. The predicted molar refractivity (Wildman–Crippen MR) is 79.5 cm³/mol. The van der Waals surface area contributed by atoms with Crippen LogP contribution < -0.4 is 4.72 Å². The van der Waals surface area contributed by atoms with Gasteiger partial charge in [0.2, 0.25) is 0 Å². The number of nitrogens with one attached hydrogen (secondary N) is 2. The van der Waals surface area contributed by atoms with E-state index in [1.54, 1.807) is 6.07 Å². The van der Waals surface area contributed by atoms with Gasteiger partial charge in [0.1, 0.15) is 0 Å². The van der Waals surface area contributed by atoms with Gasteiger partial charge >= 0.3 is 6.18 Å². The number of hydrogen-bond acceptors (Lipinski definition) is 3. The summed E-state index contributed by atoms with van der Waals surface area (Å²) in [6.45, 7) is 5.78. The van der Waals surface area contributed by atoms with Gasteiger partial charge in [-0.25, -0.2) is 8.42 Å². The molecule has 0 radical (unpaired) electrons. The highest BCUT2D eigenvalue weighted by molar-refractivity contribution is 7.92. The third-order valence-corrected chi connectivity index (χ3v) is 4.49. The molecule has 2 aromatic rings. The molecule has 0 bridgehead atoms. The van der Waals surface area contributed by atoms with Crippen LogP contribution in [-0.2, 0) is 21.6 Å². The summed E-state index contributed by atoms with van der Waals surface area (Å²) < 4.78 is 64.1. The first-order chi connectivity index (χ1) is 10.4. The van der Waals surface area contributed by atoms with Gasteiger partial charge in [0.15, 0.2) is 5.82 Å². The van der Waals surface area contributed by atoms with E-state index < -0.39 is 21.8 Å². The lowest BCUT2D eigenvalue weighted by atomic mass is 9.92. The number of halogens is 3. The van der Waals surface area contributed by atoms with E-state index in [0.29, 0.717) is 0 Å². The van der Waals surface area contributed by atoms with Crippen molar-refractivity contribution in [3.8, 4) is 0 Å². The van der Waals surface area contributed by atoms with Crippen LogP contribution in [0.5, 0.6) is 0 Å². The number of H-pyrrole nitrogens is 1. The Morgan fingerprint density at radius 3 is 2.09 bits per heavy atom. The molecular weight excluding hydrogens is 331 g/mol. The van der Waals surface area contributed by atoms with E-state index in [2.05, 4.69) is 14.9 Å². The van der Waals surface area contributed by atoms with Crippen molar-refractivity contribution < 1.29 is 21.6 Å². The average Bonchev–Trinajstić information content (AvgIpc) is 2.85. The fraction of sp³-hybridized carbons (Fsp3) is 0.357. The fourth-order valence-corrected chi connectivity index (χ4v) is 2.77. The van der Waals surface area contributed by atoms with E-state index in [4.69, 9.17) is 0 Å². The van der Waals surface area contributed by atoms with Crippen molar-refractivity contribution in [1.29, 1.82) is 0 Å². The third kappa shape index (κ3) is 4.04. The van der Waals surface area contributed by atoms with Crippen molar-refractivity contribution in [2.75, 3.05) is 4.72 Å². The molecule has 0 atom stereocenters. The Morgan fingerprint density at radius 1 is 1.09 bits per heavy atom. The fourth-order valence-electron chi connectivity index (χ4n) is 1.78. The molecule has 0 saturated heterocycles. The molecule has 0 aliphatic heterocycles. The Kier molecular flexibility index (Phi) is 4.18. The van der Waals surface area contributed by atoms with E-state index in [9.17, 15) is 21.6 Å². The number of hydrogen-bond donors (Lipinski definition) is 2. The van der Waals surface area contributed by atoms with E-state index in [0.717, 1.165) is 30.0 Å². The molecule has 9 heteroatoms. The topological polar surface area (TPSA) is 74.8 Å². The molecular formula is C14H16F3N3O2S. The van der Waals surface area contributed by atoms with Crippen LogP contribution in [-0.4, -0.2) is 18.6 Å². The summed E-state index contributed by atoms with van der Waals surface area (Å²) in [7, 11) is -4.01. The third-order valence-electron chi connectivity index (χ3n) is 3.12. The Balaban J connectivity index is 2.24. The predicted octanol–water partition coefficient (Wildman–Crippen LogP) is 3.53.